The van der Waals surface area contributed by atoms with Crippen LogP contribution in [0.5, 0.6) is 0 Å². The lowest BCUT2D eigenvalue weighted by molar-refractivity contribution is -0.141. The second kappa shape index (κ2) is 5.16. The van der Waals surface area contributed by atoms with Crippen molar-refractivity contribution in [3.8, 4) is 0 Å². The van der Waals surface area contributed by atoms with Gasteiger partial charge in [0.05, 0.1) is 6.10 Å². The van der Waals surface area contributed by atoms with Crippen molar-refractivity contribution >= 4 is 12.0 Å². The third-order valence-corrected chi connectivity index (χ3v) is 2.65. The largest absolute Gasteiger partial charge is 0.480 e. The van der Waals surface area contributed by atoms with Gasteiger partial charge in [0.25, 0.3) is 0 Å². The van der Waals surface area contributed by atoms with Crippen molar-refractivity contribution in [1.82, 2.24) is 9.80 Å². The predicted molar refractivity (Wildman–Crippen MR) is 57.1 cm³/mol. The predicted octanol–water partition coefficient (Wildman–Crippen LogP) is -0.0320. The molecular weight excluding hydrogens is 212 g/mol. The second-order valence-corrected chi connectivity index (χ2v) is 4.20. The number of carboxylic acid groups (broad SMARTS) is 1. The van der Waals surface area contributed by atoms with E-state index in [2.05, 4.69) is 0 Å². The highest BCUT2D eigenvalue weighted by molar-refractivity contribution is 5.83. The number of carbonyl (C=O) groups is 2. The van der Waals surface area contributed by atoms with Gasteiger partial charge in [0.1, 0.15) is 6.04 Å². The van der Waals surface area contributed by atoms with Crippen LogP contribution in [0.2, 0.25) is 0 Å². The number of nitrogens with zero attached hydrogens (tertiary/aromatic N) is 2. The number of amides is 2. The van der Waals surface area contributed by atoms with E-state index < -0.39 is 18.1 Å². The number of likely N-dealkylation sites (N-methyl/N-ethyl adjacent to an activating group) is 1. The zero-order valence-electron chi connectivity index (χ0n) is 9.59. The fourth-order valence-electron chi connectivity index (χ4n) is 1.95. The molecule has 2 N–H and O–H groups in total. The van der Waals surface area contributed by atoms with Crippen LogP contribution >= 0.6 is 0 Å². The number of hydrogen-bond donors (Lipinski definition) is 2. The lowest BCUT2D eigenvalue weighted by atomic mass is 10.2. The molecule has 0 aromatic rings. The van der Waals surface area contributed by atoms with Gasteiger partial charge in [-0.15, -0.1) is 0 Å². The summed E-state index contributed by atoms with van der Waals surface area (Å²) in [5.74, 6) is -0.962. The normalized spacial score (nSPS) is 21.9. The summed E-state index contributed by atoms with van der Waals surface area (Å²) in [4.78, 5) is 25.5. The minimum Gasteiger partial charge on any atom is -0.480 e. The van der Waals surface area contributed by atoms with E-state index in [1.54, 1.807) is 14.0 Å². The van der Waals surface area contributed by atoms with Gasteiger partial charge < -0.3 is 20.0 Å². The maximum atomic E-state index is 11.9. The van der Waals surface area contributed by atoms with Gasteiger partial charge in [-0.3, -0.25) is 0 Å². The summed E-state index contributed by atoms with van der Waals surface area (Å²) in [6.07, 6.45) is 0.606. The molecule has 92 valence electrons. The van der Waals surface area contributed by atoms with Crippen molar-refractivity contribution in [2.45, 2.75) is 31.9 Å². The van der Waals surface area contributed by atoms with Gasteiger partial charge in [0.2, 0.25) is 0 Å². The van der Waals surface area contributed by atoms with Gasteiger partial charge in [-0.1, -0.05) is 0 Å². The van der Waals surface area contributed by atoms with E-state index in [0.29, 0.717) is 19.4 Å². The Morgan fingerprint density at radius 3 is 2.69 bits per heavy atom. The lowest BCUT2D eigenvalue weighted by Crippen LogP contribution is -2.48. The SMILES string of the molecule is CC(O)CN(C)C(=O)N1CCC[C@@H]1C(=O)O. The first-order valence-electron chi connectivity index (χ1n) is 5.36. The molecule has 0 saturated carbocycles. The number of rotatable bonds is 3. The van der Waals surface area contributed by atoms with Gasteiger partial charge in [-0.2, -0.15) is 0 Å². The van der Waals surface area contributed by atoms with E-state index in [9.17, 15) is 9.59 Å². The molecule has 1 aliphatic heterocycles. The molecule has 0 aromatic carbocycles. The van der Waals surface area contributed by atoms with Crippen LogP contribution in [0.15, 0.2) is 0 Å². The number of aliphatic carboxylic acids is 1. The Labute approximate surface area is 94.4 Å². The number of urea groups is 1. The Morgan fingerprint density at radius 2 is 2.19 bits per heavy atom. The minimum atomic E-state index is -0.962. The summed E-state index contributed by atoms with van der Waals surface area (Å²) >= 11 is 0. The third kappa shape index (κ3) is 2.85. The summed E-state index contributed by atoms with van der Waals surface area (Å²) in [5.41, 5.74) is 0. The first-order valence-corrected chi connectivity index (χ1v) is 5.36. The minimum absolute atomic E-state index is 0.210. The fraction of sp³-hybridized carbons (Fsp3) is 0.800. The molecule has 0 spiro atoms. The highest BCUT2D eigenvalue weighted by atomic mass is 16.4. The van der Waals surface area contributed by atoms with Gasteiger partial charge in [0, 0.05) is 20.1 Å². The molecule has 1 rings (SSSR count). The molecule has 0 aromatic heterocycles. The van der Waals surface area contributed by atoms with E-state index >= 15 is 0 Å². The average Bonchev–Trinajstić information content (AvgIpc) is 2.63. The average molecular weight is 230 g/mol. The van der Waals surface area contributed by atoms with Crippen molar-refractivity contribution in [2.24, 2.45) is 0 Å². The van der Waals surface area contributed by atoms with Crippen LogP contribution in [0.4, 0.5) is 4.79 Å². The molecule has 1 aliphatic rings. The Hall–Kier alpha value is -1.30. The van der Waals surface area contributed by atoms with Gasteiger partial charge in [0.15, 0.2) is 0 Å². The molecule has 0 radical (unpaired) electrons. The number of carboxylic acids is 1. The maximum absolute atomic E-state index is 11.9. The Bertz CT molecular complexity index is 280. The summed E-state index contributed by atoms with van der Waals surface area (Å²) in [5, 5.41) is 18.1. The summed E-state index contributed by atoms with van der Waals surface area (Å²) in [7, 11) is 1.56. The number of likely N-dealkylation sites (tertiary alicyclic amines) is 1. The van der Waals surface area contributed by atoms with Crippen LogP contribution in [0, 0.1) is 0 Å². The van der Waals surface area contributed by atoms with E-state index in [4.69, 9.17) is 10.2 Å². The summed E-state index contributed by atoms with van der Waals surface area (Å²) in [6.45, 7) is 2.27. The van der Waals surface area contributed by atoms with E-state index in [-0.39, 0.29) is 12.6 Å². The monoisotopic (exact) mass is 230 g/mol. The highest BCUT2D eigenvalue weighted by Crippen LogP contribution is 2.18. The Morgan fingerprint density at radius 1 is 1.56 bits per heavy atom. The van der Waals surface area contributed by atoms with Crippen LogP contribution in [-0.4, -0.2) is 64.3 Å². The quantitative estimate of drug-likeness (QED) is 0.713. The Kier molecular flexibility index (Phi) is 4.12. The van der Waals surface area contributed by atoms with E-state index in [1.165, 1.54) is 9.80 Å². The fourth-order valence-corrected chi connectivity index (χ4v) is 1.95. The van der Waals surface area contributed by atoms with Crippen LogP contribution in [-0.2, 0) is 4.79 Å². The molecule has 1 unspecified atom stereocenters. The molecule has 1 fully saturated rings. The molecule has 2 atom stereocenters. The Balaban J connectivity index is 2.62. The maximum Gasteiger partial charge on any atom is 0.326 e. The van der Waals surface area contributed by atoms with Crippen LogP contribution in [0.3, 0.4) is 0 Å². The van der Waals surface area contributed by atoms with Crippen molar-refractivity contribution in [2.75, 3.05) is 20.1 Å². The van der Waals surface area contributed by atoms with Crippen LogP contribution in [0.25, 0.3) is 0 Å². The highest BCUT2D eigenvalue weighted by Gasteiger charge is 2.35. The topological polar surface area (TPSA) is 81.1 Å². The van der Waals surface area contributed by atoms with E-state index in [1.807, 2.05) is 0 Å². The molecular formula is C10H18N2O4. The van der Waals surface area contributed by atoms with Gasteiger partial charge in [-0.25, -0.2) is 9.59 Å². The van der Waals surface area contributed by atoms with Crippen LogP contribution < -0.4 is 0 Å². The first-order chi connectivity index (χ1) is 7.43. The van der Waals surface area contributed by atoms with Gasteiger partial charge >= 0.3 is 12.0 Å². The smallest absolute Gasteiger partial charge is 0.326 e. The standard InChI is InChI=1S/C10H18N2O4/c1-7(13)6-11(2)10(16)12-5-3-4-8(12)9(14)15/h7-8,13H,3-6H2,1-2H3,(H,14,15)/t7?,8-/m1/s1. The van der Waals surface area contributed by atoms with Crippen molar-refractivity contribution in [3.05, 3.63) is 0 Å². The molecule has 1 saturated heterocycles. The van der Waals surface area contributed by atoms with Crippen molar-refractivity contribution in [3.63, 3.8) is 0 Å². The number of hydrogen-bond acceptors (Lipinski definition) is 3. The molecule has 6 nitrogen and oxygen atoms in total. The van der Waals surface area contributed by atoms with Gasteiger partial charge in [-0.05, 0) is 19.8 Å². The van der Waals surface area contributed by atoms with E-state index in [0.717, 1.165) is 0 Å². The molecule has 6 heteroatoms. The summed E-state index contributed by atoms with van der Waals surface area (Å²) < 4.78 is 0. The molecule has 0 bridgehead atoms. The molecule has 2 amide bonds. The van der Waals surface area contributed by atoms with Crippen molar-refractivity contribution < 1.29 is 19.8 Å². The van der Waals surface area contributed by atoms with Crippen molar-refractivity contribution in [1.29, 1.82) is 0 Å². The zero-order valence-corrected chi connectivity index (χ0v) is 9.59. The third-order valence-electron chi connectivity index (χ3n) is 2.65. The number of aliphatic hydroxyl groups excluding tert-OH is 1. The second-order valence-electron chi connectivity index (χ2n) is 4.20. The number of aliphatic hydroxyl groups is 1. The number of carbonyl (C=O) groups excluding carboxylic acids is 1. The molecule has 16 heavy (non-hydrogen) atoms. The molecule has 0 aliphatic carbocycles. The molecule has 1 heterocycles. The zero-order chi connectivity index (χ0) is 12.3. The van der Waals surface area contributed by atoms with Crippen LogP contribution in [0.1, 0.15) is 19.8 Å². The first kappa shape index (κ1) is 12.8. The summed E-state index contributed by atoms with van der Waals surface area (Å²) in [6, 6.07) is -1.05. The lowest BCUT2D eigenvalue weighted by Gasteiger charge is -2.28.